The van der Waals surface area contributed by atoms with Crippen molar-refractivity contribution in [3.63, 3.8) is 0 Å². The molecule has 8 heteroatoms. The van der Waals surface area contributed by atoms with Crippen LogP contribution in [-0.2, 0) is 21.1 Å². The maximum Gasteiger partial charge on any atom is 0.241 e. The van der Waals surface area contributed by atoms with Gasteiger partial charge in [0, 0.05) is 12.8 Å². The predicted octanol–water partition coefficient (Wildman–Crippen LogP) is 0.529. The summed E-state index contributed by atoms with van der Waals surface area (Å²) in [7, 11) is -0.353. The summed E-state index contributed by atoms with van der Waals surface area (Å²) < 4.78 is 33.6. The minimum atomic E-state index is -3.49. The standard InChI is InChI=1S/C17H26N2O5S/c1-23-14-5-4-13(12-15(14)24-2)6-9-19-16(20)17(25(3,21)22)7-10-18-11-8-17/h4-5,12,18H,6-11H2,1-3H3,(H,19,20). The summed E-state index contributed by atoms with van der Waals surface area (Å²) in [5.74, 6) is 0.857. The van der Waals surface area contributed by atoms with Crippen LogP contribution in [0.25, 0.3) is 0 Å². The normalized spacial score (nSPS) is 16.9. The molecule has 0 bridgehead atoms. The van der Waals surface area contributed by atoms with Gasteiger partial charge in [0.2, 0.25) is 5.91 Å². The second-order valence-corrected chi connectivity index (χ2v) is 8.54. The first kappa shape index (κ1) is 19.5. The fourth-order valence-electron chi connectivity index (χ4n) is 3.11. The highest BCUT2D eigenvalue weighted by Gasteiger charge is 2.48. The molecule has 0 atom stereocenters. The van der Waals surface area contributed by atoms with E-state index in [2.05, 4.69) is 10.6 Å². The van der Waals surface area contributed by atoms with Crippen LogP contribution in [0.3, 0.4) is 0 Å². The summed E-state index contributed by atoms with van der Waals surface area (Å²) in [5, 5.41) is 5.90. The van der Waals surface area contributed by atoms with E-state index in [9.17, 15) is 13.2 Å². The van der Waals surface area contributed by atoms with E-state index in [1.54, 1.807) is 20.3 Å². The fraction of sp³-hybridized carbons (Fsp3) is 0.588. The molecule has 1 aromatic rings. The lowest BCUT2D eigenvalue weighted by atomic mass is 9.95. The maximum atomic E-state index is 12.6. The molecule has 1 saturated heterocycles. The molecule has 0 unspecified atom stereocenters. The van der Waals surface area contributed by atoms with Gasteiger partial charge in [-0.1, -0.05) is 6.07 Å². The van der Waals surface area contributed by atoms with Gasteiger partial charge in [0.1, 0.15) is 0 Å². The molecule has 1 heterocycles. The molecule has 140 valence electrons. The average molecular weight is 370 g/mol. The Morgan fingerprint density at radius 2 is 1.84 bits per heavy atom. The van der Waals surface area contributed by atoms with Crippen molar-refractivity contribution in [2.24, 2.45) is 0 Å². The molecule has 2 N–H and O–H groups in total. The van der Waals surface area contributed by atoms with Gasteiger partial charge in [0.05, 0.1) is 14.2 Å². The van der Waals surface area contributed by atoms with Crippen molar-refractivity contribution >= 4 is 15.7 Å². The number of sulfone groups is 1. The van der Waals surface area contributed by atoms with E-state index in [1.807, 2.05) is 12.1 Å². The van der Waals surface area contributed by atoms with Gasteiger partial charge >= 0.3 is 0 Å². The summed E-state index contributed by atoms with van der Waals surface area (Å²) in [6.07, 6.45) is 2.32. The van der Waals surface area contributed by atoms with Gasteiger partial charge in [0.25, 0.3) is 0 Å². The van der Waals surface area contributed by atoms with E-state index in [0.717, 1.165) is 11.8 Å². The summed E-state index contributed by atoms with van der Waals surface area (Å²) >= 11 is 0. The molecular weight excluding hydrogens is 344 g/mol. The number of benzene rings is 1. The van der Waals surface area contributed by atoms with Crippen molar-refractivity contribution < 1.29 is 22.7 Å². The Bertz CT molecular complexity index is 712. The van der Waals surface area contributed by atoms with E-state index in [0.29, 0.717) is 50.4 Å². The summed E-state index contributed by atoms with van der Waals surface area (Å²) in [5.41, 5.74) is 0.969. The van der Waals surface area contributed by atoms with Crippen molar-refractivity contribution in [1.82, 2.24) is 10.6 Å². The molecule has 25 heavy (non-hydrogen) atoms. The quantitative estimate of drug-likeness (QED) is 0.727. The van der Waals surface area contributed by atoms with Crippen LogP contribution < -0.4 is 20.1 Å². The topological polar surface area (TPSA) is 93.7 Å². The Morgan fingerprint density at radius 1 is 1.20 bits per heavy atom. The number of nitrogens with one attached hydrogen (secondary N) is 2. The lowest BCUT2D eigenvalue weighted by molar-refractivity contribution is -0.124. The molecule has 0 aliphatic carbocycles. The summed E-state index contributed by atoms with van der Waals surface area (Å²) in [4.78, 5) is 12.6. The smallest absolute Gasteiger partial charge is 0.241 e. The van der Waals surface area contributed by atoms with E-state index >= 15 is 0 Å². The molecule has 0 spiro atoms. The molecule has 0 aromatic heterocycles. The first-order valence-corrected chi connectivity index (χ1v) is 10.1. The highest BCUT2D eigenvalue weighted by molar-refractivity contribution is 7.92. The number of piperidine rings is 1. The van der Waals surface area contributed by atoms with Crippen LogP contribution >= 0.6 is 0 Å². The Hall–Kier alpha value is -1.80. The van der Waals surface area contributed by atoms with Gasteiger partial charge in [-0.15, -0.1) is 0 Å². The molecule has 1 aliphatic rings. The zero-order chi connectivity index (χ0) is 18.5. The molecule has 0 radical (unpaired) electrons. The number of hydrogen-bond acceptors (Lipinski definition) is 6. The second-order valence-electron chi connectivity index (χ2n) is 6.21. The van der Waals surface area contributed by atoms with Crippen molar-refractivity contribution in [2.75, 3.05) is 40.1 Å². The number of amides is 1. The highest BCUT2D eigenvalue weighted by atomic mass is 32.2. The monoisotopic (exact) mass is 370 g/mol. The molecule has 1 amide bonds. The second kappa shape index (κ2) is 8.05. The predicted molar refractivity (Wildman–Crippen MR) is 95.9 cm³/mol. The van der Waals surface area contributed by atoms with Crippen LogP contribution in [0.2, 0.25) is 0 Å². The Labute approximate surface area is 149 Å². The third-order valence-corrected chi connectivity index (χ3v) is 6.70. The van der Waals surface area contributed by atoms with Gasteiger partial charge < -0.3 is 20.1 Å². The molecule has 1 aromatic carbocycles. The SMILES string of the molecule is COc1ccc(CCNC(=O)C2(S(C)(=O)=O)CCNCC2)cc1OC. The van der Waals surface area contributed by atoms with Crippen molar-refractivity contribution in [3.05, 3.63) is 23.8 Å². The summed E-state index contributed by atoms with van der Waals surface area (Å²) in [6, 6.07) is 5.55. The first-order valence-electron chi connectivity index (χ1n) is 8.23. The van der Waals surface area contributed by atoms with Crippen LogP contribution in [0.15, 0.2) is 18.2 Å². The zero-order valence-electron chi connectivity index (χ0n) is 14.9. The highest BCUT2D eigenvalue weighted by Crippen LogP contribution is 2.29. The Balaban J connectivity index is 2.02. The zero-order valence-corrected chi connectivity index (χ0v) is 15.7. The maximum absolute atomic E-state index is 12.6. The number of ether oxygens (including phenoxy) is 2. The van der Waals surface area contributed by atoms with Crippen LogP contribution in [0, 0.1) is 0 Å². The van der Waals surface area contributed by atoms with E-state index in [1.165, 1.54) is 0 Å². The fourth-order valence-corrected chi connectivity index (χ4v) is 4.47. The number of hydrogen-bond donors (Lipinski definition) is 2. The average Bonchev–Trinajstić information content (AvgIpc) is 2.61. The van der Waals surface area contributed by atoms with Gasteiger partial charge in [-0.05, 0) is 50.0 Å². The van der Waals surface area contributed by atoms with Crippen LogP contribution in [0.4, 0.5) is 0 Å². The van der Waals surface area contributed by atoms with E-state index in [-0.39, 0.29) is 0 Å². The van der Waals surface area contributed by atoms with Gasteiger partial charge in [0.15, 0.2) is 26.1 Å². The van der Waals surface area contributed by atoms with Gasteiger partial charge in [-0.2, -0.15) is 0 Å². The van der Waals surface area contributed by atoms with Crippen molar-refractivity contribution in [1.29, 1.82) is 0 Å². The molecule has 1 fully saturated rings. The third-order valence-electron chi connectivity index (χ3n) is 4.68. The van der Waals surface area contributed by atoms with Crippen LogP contribution in [0.1, 0.15) is 18.4 Å². The van der Waals surface area contributed by atoms with Crippen molar-refractivity contribution in [2.45, 2.75) is 24.0 Å². The van der Waals surface area contributed by atoms with Crippen LogP contribution in [-0.4, -0.2) is 59.2 Å². The minimum absolute atomic E-state index is 0.300. The van der Waals surface area contributed by atoms with Crippen LogP contribution in [0.5, 0.6) is 11.5 Å². The largest absolute Gasteiger partial charge is 0.493 e. The number of methoxy groups -OCH3 is 2. The van der Waals surface area contributed by atoms with E-state index in [4.69, 9.17) is 9.47 Å². The molecule has 2 rings (SSSR count). The minimum Gasteiger partial charge on any atom is -0.493 e. The lowest BCUT2D eigenvalue weighted by Gasteiger charge is -2.34. The first-order chi connectivity index (χ1) is 11.8. The Morgan fingerprint density at radius 3 is 2.40 bits per heavy atom. The van der Waals surface area contributed by atoms with Gasteiger partial charge in [-0.3, -0.25) is 4.79 Å². The molecule has 7 nitrogen and oxygen atoms in total. The molecular formula is C17H26N2O5S. The van der Waals surface area contributed by atoms with Gasteiger partial charge in [-0.25, -0.2) is 8.42 Å². The van der Waals surface area contributed by atoms with E-state index < -0.39 is 20.5 Å². The Kier molecular flexibility index (Phi) is 6.29. The molecule has 0 saturated carbocycles. The number of carbonyl (C=O) groups excluding carboxylic acids is 1. The van der Waals surface area contributed by atoms with Crippen molar-refractivity contribution in [3.8, 4) is 11.5 Å². The lowest BCUT2D eigenvalue weighted by Crippen LogP contribution is -2.57. The number of carbonyl (C=O) groups is 1. The number of rotatable bonds is 7. The molecule has 1 aliphatic heterocycles. The summed E-state index contributed by atoms with van der Waals surface area (Å²) in [6.45, 7) is 1.41. The third kappa shape index (κ3) is 4.24.